The highest BCUT2D eigenvalue weighted by molar-refractivity contribution is 6.44. The number of aliphatic imine (C=N–C) groups is 1. The van der Waals surface area contributed by atoms with Crippen LogP contribution in [0.25, 0.3) is 0 Å². The highest BCUT2D eigenvalue weighted by Gasteiger charge is 2.52. The van der Waals surface area contributed by atoms with Gasteiger partial charge < -0.3 is 0 Å². The maximum Gasteiger partial charge on any atom is 0.180 e. The molecule has 4 rings (SSSR count). The number of carbonyl (C=O) groups is 1. The number of benzene rings is 1. The summed E-state index contributed by atoms with van der Waals surface area (Å²) in [5.74, 6) is 2.49. The van der Waals surface area contributed by atoms with Gasteiger partial charge in [0.1, 0.15) is 0 Å². The molecular formula is C21H27NO. The van der Waals surface area contributed by atoms with Crippen molar-refractivity contribution < 1.29 is 4.79 Å². The zero-order valence-corrected chi connectivity index (χ0v) is 14.6. The molecule has 1 aromatic carbocycles. The maximum atomic E-state index is 13.0. The molecule has 0 N–H and O–H groups in total. The predicted octanol–water partition coefficient (Wildman–Crippen LogP) is 5.10. The summed E-state index contributed by atoms with van der Waals surface area (Å²) in [6, 6.07) is 4.37. The summed E-state index contributed by atoms with van der Waals surface area (Å²) in [6.45, 7) is 6.36. The van der Waals surface area contributed by atoms with E-state index in [0.29, 0.717) is 17.6 Å². The molecule has 122 valence electrons. The van der Waals surface area contributed by atoms with E-state index in [9.17, 15) is 4.79 Å². The van der Waals surface area contributed by atoms with E-state index in [-0.39, 0.29) is 5.92 Å². The van der Waals surface area contributed by atoms with E-state index in [1.807, 2.05) is 0 Å². The van der Waals surface area contributed by atoms with Crippen LogP contribution in [-0.2, 0) is 4.79 Å². The number of rotatable bonds is 1. The Labute approximate surface area is 139 Å². The van der Waals surface area contributed by atoms with Crippen LogP contribution in [0.15, 0.2) is 17.1 Å². The third-order valence-electron chi connectivity index (χ3n) is 6.46. The normalized spacial score (nSPS) is 34.7. The van der Waals surface area contributed by atoms with Crippen LogP contribution in [0.4, 0.5) is 5.69 Å². The van der Waals surface area contributed by atoms with Crippen LogP contribution < -0.4 is 0 Å². The fourth-order valence-electron chi connectivity index (χ4n) is 5.66. The minimum atomic E-state index is 0.281. The SMILES string of the molecule is Cc1cc(C)c(N=C2C(=O)C3CCCC4CCCC2C43)c(C)c1. The maximum absolute atomic E-state index is 13.0. The molecule has 0 amide bonds. The third kappa shape index (κ3) is 2.38. The molecule has 3 fully saturated rings. The van der Waals surface area contributed by atoms with E-state index in [0.717, 1.165) is 23.7 Å². The Morgan fingerprint density at radius 3 is 2.17 bits per heavy atom. The molecule has 1 aromatic rings. The van der Waals surface area contributed by atoms with Crippen LogP contribution in [0.5, 0.6) is 0 Å². The first-order chi connectivity index (χ1) is 11.1. The van der Waals surface area contributed by atoms with Crippen molar-refractivity contribution in [3.05, 3.63) is 28.8 Å². The van der Waals surface area contributed by atoms with E-state index in [4.69, 9.17) is 4.99 Å². The van der Waals surface area contributed by atoms with Crippen molar-refractivity contribution in [2.75, 3.05) is 0 Å². The second-order valence-corrected chi connectivity index (χ2v) is 8.02. The van der Waals surface area contributed by atoms with Crippen LogP contribution >= 0.6 is 0 Å². The van der Waals surface area contributed by atoms with Gasteiger partial charge in [0.25, 0.3) is 0 Å². The first kappa shape index (κ1) is 15.1. The lowest BCUT2D eigenvalue weighted by molar-refractivity contribution is -0.118. The number of hydrogen-bond acceptors (Lipinski definition) is 2. The Bertz CT molecular complexity index is 662. The number of nitrogens with zero attached hydrogens (tertiary/aromatic N) is 1. The van der Waals surface area contributed by atoms with E-state index in [1.165, 1.54) is 48.8 Å². The molecule has 2 heteroatoms. The Morgan fingerprint density at radius 1 is 0.913 bits per heavy atom. The second-order valence-electron chi connectivity index (χ2n) is 8.02. The van der Waals surface area contributed by atoms with Gasteiger partial charge in [-0.3, -0.25) is 4.79 Å². The Morgan fingerprint density at radius 2 is 1.52 bits per heavy atom. The summed E-state index contributed by atoms with van der Waals surface area (Å²) in [6.07, 6.45) is 7.45. The lowest BCUT2D eigenvalue weighted by Crippen LogP contribution is -2.33. The minimum Gasteiger partial charge on any atom is -0.292 e. The van der Waals surface area contributed by atoms with Crippen LogP contribution in [0.3, 0.4) is 0 Å². The largest absolute Gasteiger partial charge is 0.292 e. The molecule has 3 aliphatic rings. The Hall–Kier alpha value is -1.44. The van der Waals surface area contributed by atoms with Crippen LogP contribution in [0.2, 0.25) is 0 Å². The van der Waals surface area contributed by atoms with E-state index in [2.05, 4.69) is 32.9 Å². The van der Waals surface area contributed by atoms with Crippen molar-refractivity contribution in [3.8, 4) is 0 Å². The zero-order chi connectivity index (χ0) is 16.1. The summed E-state index contributed by atoms with van der Waals surface area (Å²) in [7, 11) is 0. The fraction of sp³-hybridized carbons (Fsp3) is 0.619. The van der Waals surface area contributed by atoms with E-state index >= 15 is 0 Å². The molecule has 4 unspecified atom stereocenters. The molecular weight excluding hydrogens is 282 g/mol. The highest BCUT2D eigenvalue weighted by atomic mass is 16.1. The van der Waals surface area contributed by atoms with E-state index < -0.39 is 0 Å². The lowest BCUT2D eigenvalue weighted by Gasteiger charge is -2.39. The zero-order valence-electron chi connectivity index (χ0n) is 14.6. The molecule has 0 bridgehead atoms. The van der Waals surface area contributed by atoms with Crippen LogP contribution in [0, 0.1) is 44.4 Å². The summed E-state index contributed by atoms with van der Waals surface area (Å²) >= 11 is 0. The Balaban J connectivity index is 1.78. The average Bonchev–Trinajstić information content (AvgIpc) is 2.78. The van der Waals surface area contributed by atoms with Gasteiger partial charge in [-0.1, -0.05) is 43.4 Å². The summed E-state index contributed by atoms with van der Waals surface area (Å²) in [5, 5.41) is 0. The average molecular weight is 309 g/mol. The molecule has 2 nitrogen and oxygen atoms in total. The Kier molecular flexibility index (Phi) is 3.66. The van der Waals surface area contributed by atoms with Gasteiger partial charge in [-0.05, 0) is 56.6 Å². The van der Waals surface area contributed by atoms with Crippen molar-refractivity contribution in [3.63, 3.8) is 0 Å². The van der Waals surface area contributed by atoms with Gasteiger partial charge in [0.2, 0.25) is 0 Å². The summed E-state index contributed by atoms with van der Waals surface area (Å²) in [5.41, 5.74) is 5.63. The smallest absolute Gasteiger partial charge is 0.180 e. The van der Waals surface area contributed by atoms with Gasteiger partial charge in [0, 0.05) is 11.8 Å². The van der Waals surface area contributed by atoms with Gasteiger partial charge in [-0.25, -0.2) is 4.99 Å². The summed E-state index contributed by atoms with van der Waals surface area (Å²) < 4.78 is 0. The molecule has 0 heterocycles. The number of aryl methyl sites for hydroxylation is 3. The van der Waals surface area contributed by atoms with Crippen molar-refractivity contribution >= 4 is 17.2 Å². The minimum absolute atomic E-state index is 0.281. The van der Waals surface area contributed by atoms with Crippen LogP contribution in [0.1, 0.15) is 55.2 Å². The summed E-state index contributed by atoms with van der Waals surface area (Å²) in [4.78, 5) is 18.0. The standard InChI is InChI=1S/C21H27NO/c1-12-10-13(2)19(14(3)11-12)22-20-16-8-4-6-15-7-5-9-17(18(15)16)21(20)23/h10-11,15-18H,4-9H2,1-3H3. The number of ketones is 1. The quantitative estimate of drug-likeness (QED) is 0.709. The number of hydrogen-bond donors (Lipinski definition) is 0. The van der Waals surface area contributed by atoms with Crippen molar-refractivity contribution in [2.45, 2.75) is 59.3 Å². The van der Waals surface area contributed by atoms with Crippen molar-refractivity contribution in [1.29, 1.82) is 0 Å². The molecule has 4 atom stereocenters. The third-order valence-corrected chi connectivity index (χ3v) is 6.46. The molecule has 0 spiro atoms. The number of Topliss-reactive ketones (excluding diaryl/α,β-unsaturated/α-hetero) is 1. The van der Waals surface area contributed by atoms with Gasteiger partial charge in [-0.2, -0.15) is 0 Å². The first-order valence-electron chi connectivity index (χ1n) is 9.27. The monoisotopic (exact) mass is 309 g/mol. The molecule has 0 saturated heterocycles. The topological polar surface area (TPSA) is 29.4 Å². The number of carbonyl (C=O) groups excluding carboxylic acids is 1. The molecule has 3 aliphatic carbocycles. The van der Waals surface area contributed by atoms with Crippen molar-refractivity contribution in [1.82, 2.24) is 0 Å². The second kappa shape index (κ2) is 5.58. The van der Waals surface area contributed by atoms with Crippen molar-refractivity contribution in [2.24, 2.45) is 28.7 Å². The fourth-order valence-corrected chi connectivity index (χ4v) is 5.66. The van der Waals surface area contributed by atoms with Gasteiger partial charge in [0.15, 0.2) is 5.78 Å². The van der Waals surface area contributed by atoms with Gasteiger partial charge in [0.05, 0.1) is 11.4 Å². The molecule has 0 radical (unpaired) electrons. The predicted molar refractivity (Wildman–Crippen MR) is 94.4 cm³/mol. The molecule has 23 heavy (non-hydrogen) atoms. The van der Waals surface area contributed by atoms with E-state index in [1.54, 1.807) is 0 Å². The highest BCUT2D eigenvalue weighted by Crippen LogP contribution is 2.52. The first-order valence-corrected chi connectivity index (χ1v) is 9.27. The molecule has 3 saturated carbocycles. The van der Waals surface area contributed by atoms with Gasteiger partial charge >= 0.3 is 0 Å². The lowest BCUT2D eigenvalue weighted by atomic mass is 9.65. The van der Waals surface area contributed by atoms with Gasteiger partial charge in [-0.15, -0.1) is 0 Å². The molecule has 0 aliphatic heterocycles. The molecule has 0 aromatic heterocycles. The van der Waals surface area contributed by atoms with Crippen LogP contribution in [-0.4, -0.2) is 11.5 Å².